The summed E-state index contributed by atoms with van der Waals surface area (Å²) in [5, 5.41) is 0.732. The van der Waals surface area contributed by atoms with E-state index in [-0.39, 0.29) is 11.8 Å². The second-order valence-corrected chi connectivity index (χ2v) is 7.63. The number of nitrogens with zero attached hydrogens (tertiary/aromatic N) is 3. The number of halogens is 3. The predicted molar refractivity (Wildman–Crippen MR) is 90.8 cm³/mol. The lowest BCUT2D eigenvalue weighted by Crippen LogP contribution is -2.36. The highest BCUT2D eigenvalue weighted by atomic mass is 32.1. The summed E-state index contributed by atoms with van der Waals surface area (Å²) in [7, 11) is 0. The monoisotopic (exact) mass is 369 g/mol. The van der Waals surface area contributed by atoms with Gasteiger partial charge >= 0.3 is 6.18 Å². The number of anilines is 1. The Morgan fingerprint density at radius 3 is 2.68 bits per heavy atom. The minimum Gasteiger partial charge on any atom is -0.346 e. The Labute approximate surface area is 147 Å². The summed E-state index contributed by atoms with van der Waals surface area (Å²) in [6.45, 7) is 2.83. The molecule has 1 amide bonds. The van der Waals surface area contributed by atoms with Gasteiger partial charge in [0.05, 0.1) is 15.8 Å². The lowest BCUT2D eigenvalue weighted by atomic mass is 10.2. The molecule has 0 unspecified atom stereocenters. The Bertz CT molecular complexity index is 800. The van der Waals surface area contributed by atoms with Crippen LogP contribution in [0.2, 0.25) is 0 Å². The molecule has 0 radical (unpaired) electrons. The van der Waals surface area contributed by atoms with Gasteiger partial charge in [-0.15, -0.1) is 0 Å². The Morgan fingerprint density at radius 1 is 1.16 bits per heavy atom. The number of rotatable bonds is 2. The van der Waals surface area contributed by atoms with E-state index in [4.69, 9.17) is 0 Å². The molecule has 4 rings (SSSR count). The van der Waals surface area contributed by atoms with Crippen LogP contribution in [-0.4, -0.2) is 42.0 Å². The number of benzene rings is 1. The quantitative estimate of drug-likeness (QED) is 0.809. The number of thiazole rings is 1. The summed E-state index contributed by atoms with van der Waals surface area (Å²) in [4.78, 5) is 20.6. The minimum absolute atomic E-state index is 0.217. The van der Waals surface area contributed by atoms with Crippen molar-refractivity contribution in [2.75, 3.05) is 31.1 Å². The molecule has 2 aliphatic rings. The molecule has 2 fully saturated rings. The maximum absolute atomic E-state index is 12.8. The minimum atomic E-state index is -4.36. The van der Waals surface area contributed by atoms with Gasteiger partial charge in [0.25, 0.3) is 0 Å². The van der Waals surface area contributed by atoms with Crippen molar-refractivity contribution in [1.29, 1.82) is 0 Å². The molecule has 1 aliphatic carbocycles. The van der Waals surface area contributed by atoms with Crippen LogP contribution >= 0.6 is 11.3 Å². The summed E-state index contributed by atoms with van der Waals surface area (Å²) in [5.41, 5.74) is -0.293. The first-order chi connectivity index (χ1) is 11.9. The average Bonchev–Trinajstić information content (AvgIpc) is 3.36. The zero-order chi connectivity index (χ0) is 17.6. The zero-order valence-corrected chi connectivity index (χ0v) is 14.4. The van der Waals surface area contributed by atoms with Crippen LogP contribution in [0.4, 0.5) is 18.3 Å². The molecule has 1 aliphatic heterocycles. The highest BCUT2D eigenvalue weighted by molar-refractivity contribution is 7.22. The molecule has 25 heavy (non-hydrogen) atoms. The van der Waals surface area contributed by atoms with Crippen LogP contribution in [-0.2, 0) is 11.0 Å². The van der Waals surface area contributed by atoms with Crippen molar-refractivity contribution < 1.29 is 18.0 Å². The average molecular weight is 369 g/mol. The van der Waals surface area contributed by atoms with Crippen LogP contribution < -0.4 is 4.90 Å². The first-order valence-corrected chi connectivity index (χ1v) is 9.25. The van der Waals surface area contributed by atoms with Gasteiger partial charge in [-0.25, -0.2) is 4.98 Å². The molecule has 1 saturated carbocycles. The Morgan fingerprint density at radius 2 is 1.96 bits per heavy atom. The molecule has 1 aromatic carbocycles. The van der Waals surface area contributed by atoms with Crippen molar-refractivity contribution in [3.63, 3.8) is 0 Å². The van der Waals surface area contributed by atoms with E-state index in [1.165, 1.54) is 17.4 Å². The van der Waals surface area contributed by atoms with E-state index in [9.17, 15) is 18.0 Å². The molecule has 0 bridgehead atoms. The number of hydrogen-bond donors (Lipinski definition) is 0. The normalized spacial score (nSPS) is 19.3. The fourth-order valence-corrected chi connectivity index (χ4v) is 4.14. The Hall–Kier alpha value is -1.83. The summed E-state index contributed by atoms with van der Waals surface area (Å²) < 4.78 is 39.3. The van der Waals surface area contributed by atoms with Crippen LogP contribution in [0.15, 0.2) is 18.2 Å². The third-order valence-electron chi connectivity index (χ3n) is 4.71. The third kappa shape index (κ3) is 3.44. The van der Waals surface area contributed by atoms with Gasteiger partial charge in [-0.1, -0.05) is 11.3 Å². The molecule has 1 aromatic heterocycles. The van der Waals surface area contributed by atoms with Gasteiger partial charge in [0.2, 0.25) is 5.91 Å². The topological polar surface area (TPSA) is 36.4 Å². The van der Waals surface area contributed by atoms with Gasteiger partial charge < -0.3 is 9.80 Å². The van der Waals surface area contributed by atoms with Crippen LogP contribution in [0.25, 0.3) is 10.2 Å². The fourth-order valence-electron chi connectivity index (χ4n) is 3.14. The molecular weight excluding hydrogens is 351 g/mol. The number of amides is 1. The number of hydrogen-bond acceptors (Lipinski definition) is 4. The molecular formula is C17H18F3N3OS. The van der Waals surface area contributed by atoms with Crippen molar-refractivity contribution in [3.05, 3.63) is 23.8 Å². The van der Waals surface area contributed by atoms with E-state index in [2.05, 4.69) is 9.88 Å². The summed E-state index contributed by atoms with van der Waals surface area (Å²) in [6, 6.07) is 3.69. The SMILES string of the molecule is O=C(C1CC1)N1CCCN(c2nc3cc(C(F)(F)F)ccc3s2)CC1. The van der Waals surface area contributed by atoms with Crippen molar-refractivity contribution in [1.82, 2.24) is 9.88 Å². The highest BCUT2D eigenvalue weighted by Crippen LogP contribution is 2.35. The van der Waals surface area contributed by atoms with E-state index in [1.807, 2.05) is 4.90 Å². The largest absolute Gasteiger partial charge is 0.416 e. The lowest BCUT2D eigenvalue weighted by Gasteiger charge is -2.21. The molecule has 2 aromatic rings. The van der Waals surface area contributed by atoms with Crippen LogP contribution in [0.1, 0.15) is 24.8 Å². The van der Waals surface area contributed by atoms with Crippen LogP contribution in [0.5, 0.6) is 0 Å². The van der Waals surface area contributed by atoms with E-state index in [0.717, 1.165) is 54.3 Å². The summed E-state index contributed by atoms with van der Waals surface area (Å²) in [5.74, 6) is 0.468. The molecule has 4 nitrogen and oxygen atoms in total. The van der Waals surface area contributed by atoms with Crippen molar-refractivity contribution in [2.45, 2.75) is 25.4 Å². The molecule has 0 spiro atoms. The summed E-state index contributed by atoms with van der Waals surface area (Å²) in [6.07, 6.45) is -1.51. The zero-order valence-electron chi connectivity index (χ0n) is 13.6. The molecule has 1 saturated heterocycles. The molecule has 2 heterocycles. The number of carbonyl (C=O) groups is 1. The molecule has 134 valence electrons. The van der Waals surface area contributed by atoms with Gasteiger partial charge in [0, 0.05) is 32.1 Å². The molecule has 8 heteroatoms. The van der Waals surface area contributed by atoms with Gasteiger partial charge in [0.15, 0.2) is 5.13 Å². The van der Waals surface area contributed by atoms with Crippen molar-refractivity contribution in [3.8, 4) is 0 Å². The maximum Gasteiger partial charge on any atom is 0.416 e. The third-order valence-corrected chi connectivity index (χ3v) is 5.81. The fraction of sp³-hybridized carbons (Fsp3) is 0.529. The molecule has 0 N–H and O–H groups in total. The predicted octanol–water partition coefficient (Wildman–Crippen LogP) is 3.76. The van der Waals surface area contributed by atoms with E-state index < -0.39 is 11.7 Å². The number of alkyl halides is 3. The first-order valence-electron chi connectivity index (χ1n) is 8.43. The number of aromatic nitrogens is 1. The smallest absolute Gasteiger partial charge is 0.346 e. The van der Waals surface area contributed by atoms with Crippen molar-refractivity contribution in [2.24, 2.45) is 5.92 Å². The lowest BCUT2D eigenvalue weighted by molar-refractivity contribution is -0.137. The Balaban J connectivity index is 1.52. The molecule has 0 atom stereocenters. The van der Waals surface area contributed by atoms with Gasteiger partial charge in [-0.05, 0) is 37.5 Å². The van der Waals surface area contributed by atoms with Crippen LogP contribution in [0, 0.1) is 5.92 Å². The first kappa shape index (κ1) is 16.6. The highest BCUT2D eigenvalue weighted by Gasteiger charge is 2.34. The standard InChI is InChI=1S/C17H18F3N3OS/c18-17(19,20)12-4-5-14-13(10-12)21-16(25-14)23-7-1-6-22(8-9-23)15(24)11-2-3-11/h4-5,10-11H,1-3,6-9H2. The van der Waals surface area contributed by atoms with Gasteiger partial charge in [0.1, 0.15) is 0 Å². The van der Waals surface area contributed by atoms with Gasteiger partial charge in [-0.3, -0.25) is 4.79 Å². The number of carbonyl (C=O) groups excluding carboxylic acids is 1. The second kappa shape index (κ2) is 6.16. The number of fused-ring (bicyclic) bond motifs is 1. The second-order valence-electron chi connectivity index (χ2n) is 6.62. The van der Waals surface area contributed by atoms with Crippen molar-refractivity contribution >= 4 is 32.6 Å². The van der Waals surface area contributed by atoms with Gasteiger partial charge in [-0.2, -0.15) is 13.2 Å². The van der Waals surface area contributed by atoms with Crippen LogP contribution in [0.3, 0.4) is 0 Å². The Kier molecular flexibility index (Phi) is 4.10. The summed E-state index contributed by atoms with van der Waals surface area (Å²) >= 11 is 1.40. The van der Waals surface area contributed by atoms with E-state index >= 15 is 0 Å². The maximum atomic E-state index is 12.8. The van der Waals surface area contributed by atoms with E-state index in [1.54, 1.807) is 0 Å². The van der Waals surface area contributed by atoms with E-state index in [0.29, 0.717) is 18.6 Å².